The molecule has 0 aliphatic carbocycles. The monoisotopic (exact) mass is 487 g/mol. The van der Waals surface area contributed by atoms with Crippen molar-refractivity contribution in [1.29, 1.82) is 0 Å². The number of nitro benzene ring substituents is 2. The molecule has 10 nitrogen and oxygen atoms in total. The molecule has 3 aromatic carbocycles. The predicted octanol–water partition coefficient (Wildman–Crippen LogP) is 5.92. The number of pyridine rings is 1. The zero-order valence-electron chi connectivity index (χ0n) is 19.6. The number of non-ortho nitro benzene ring substituents is 2. The highest BCUT2D eigenvalue weighted by molar-refractivity contribution is 5.79. The number of nitro groups is 2. The average Bonchev–Trinajstić information content (AvgIpc) is 2.91. The van der Waals surface area contributed by atoms with Crippen molar-refractivity contribution in [3.05, 3.63) is 93.0 Å². The van der Waals surface area contributed by atoms with Gasteiger partial charge in [-0.3, -0.25) is 20.2 Å². The standard InChI is InChI=1S/C26H21N3O7/c1-34-24-14-19(15-25(35-2)26(24)36-3)18-12-22(16-4-8-20(9-5-16)28(30)31)27-23(13-18)17-6-10-21(11-7-17)29(32)33/h4-15H,1-3H3. The minimum absolute atomic E-state index is 0.0323. The quantitative estimate of drug-likeness (QED) is 0.221. The molecule has 0 unspecified atom stereocenters. The van der Waals surface area contributed by atoms with Crippen molar-refractivity contribution >= 4 is 11.4 Å². The first kappa shape index (κ1) is 24.1. The number of methoxy groups -OCH3 is 3. The number of nitrogens with zero attached hydrogens (tertiary/aromatic N) is 3. The molecule has 36 heavy (non-hydrogen) atoms. The van der Waals surface area contributed by atoms with E-state index in [4.69, 9.17) is 19.2 Å². The Hall–Kier alpha value is -4.99. The summed E-state index contributed by atoms with van der Waals surface area (Å²) in [4.78, 5) is 26.0. The lowest BCUT2D eigenvalue weighted by Gasteiger charge is -2.15. The van der Waals surface area contributed by atoms with Crippen LogP contribution in [0.3, 0.4) is 0 Å². The summed E-state index contributed by atoms with van der Waals surface area (Å²) in [5, 5.41) is 22.2. The van der Waals surface area contributed by atoms with E-state index in [1.165, 1.54) is 45.6 Å². The molecular weight excluding hydrogens is 466 g/mol. The SMILES string of the molecule is COc1cc(-c2cc(-c3ccc([N+](=O)[O-])cc3)nc(-c3ccc([N+](=O)[O-])cc3)c2)cc(OC)c1OC. The Labute approximate surface area is 206 Å². The van der Waals surface area contributed by atoms with Crippen LogP contribution < -0.4 is 14.2 Å². The van der Waals surface area contributed by atoms with Gasteiger partial charge in [-0.2, -0.15) is 0 Å². The van der Waals surface area contributed by atoms with E-state index in [0.717, 1.165) is 11.1 Å². The maximum absolute atomic E-state index is 11.1. The molecule has 0 spiro atoms. The molecule has 10 heteroatoms. The van der Waals surface area contributed by atoms with Crippen LogP contribution in [0.25, 0.3) is 33.6 Å². The van der Waals surface area contributed by atoms with Crippen LogP contribution in [-0.2, 0) is 0 Å². The molecule has 182 valence electrons. The van der Waals surface area contributed by atoms with Crippen LogP contribution >= 0.6 is 0 Å². The third-order valence-electron chi connectivity index (χ3n) is 5.57. The number of aromatic nitrogens is 1. The molecule has 0 aliphatic heterocycles. The fourth-order valence-electron chi connectivity index (χ4n) is 3.75. The first-order valence-electron chi connectivity index (χ1n) is 10.7. The summed E-state index contributed by atoms with van der Waals surface area (Å²) in [6.45, 7) is 0. The fraction of sp³-hybridized carbons (Fsp3) is 0.115. The molecule has 0 N–H and O–H groups in total. The third kappa shape index (κ3) is 4.78. The van der Waals surface area contributed by atoms with Gasteiger partial charge in [-0.05, 0) is 59.7 Å². The van der Waals surface area contributed by atoms with Crippen molar-refractivity contribution in [1.82, 2.24) is 4.98 Å². The molecule has 0 amide bonds. The second kappa shape index (κ2) is 10.1. The van der Waals surface area contributed by atoms with E-state index in [2.05, 4.69) is 0 Å². The lowest BCUT2D eigenvalue weighted by Crippen LogP contribution is -1.97. The van der Waals surface area contributed by atoms with Gasteiger partial charge < -0.3 is 14.2 Å². The minimum atomic E-state index is -0.466. The smallest absolute Gasteiger partial charge is 0.269 e. The molecule has 0 bridgehead atoms. The number of benzene rings is 3. The van der Waals surface area contributed by atoms with Crippen molar-refractivity contribution in [2.45, 2.75) is 0 Å². The first-order chi connectivity index (χ1) is 17.3. The lowest BCUT2D eigenvalue weighted by atomic mass is 9.99. The Bertz CT molecular complexity index is 1330. The van der Waals surface area contributed by atoms with Crippen LogP contribution in [-0.4, -0.2) is 36.2 Å². The molecule has 0 saturated carbocycles. The summed E-state index contributed by atoms with van der Waals surface area (Å²) >= 11 is 0. The van der Waals surface area contributed by atoms with Gasteiger partial charge in [-0.1, -0.05) is 0 Å². The highest BCUT2D eigenvalue weighted by Gasteiger charge is 2.17. The third-order valence-corrected chi connectivity index (χ3v) is 5.57. The number of hydrogen-bond acceptors (Lipinski definition) is 8. The average molecular weight is 487 g/mol. The van der Waals surface area contributed by atoms with E-state index in [1.807, 2.05) is 12.1 Å². The van der Waals surface area contributed by atoms with Gasteiger partial charge in [0, 0.05) is 35.4 Å². The molecule has 4 rings (SSSR count). The maximum atomic E-state index is 11.1. The minimum Gasteiger partial charge on any atom is -0.493 e. The summed E-state index contributed by atoms with van der Waals surface area (Å²) in [7, 11) is 4.57. The second-order valence-corrected chi connectivity index (χ2v) is 7.65. The van der Waals surface area contributed by atoms with Crippen molar-refractivity contribution in [3.63, 3.8) is 0 Å². The van der Waals surface area contributed by atoms with Crippen LogP contribution in [0.15, 0.2) is 72.8 Å². The highest BCUT2D eigenvalue weighted by atomic mass is 16.6. The zero-order chi connectivity index (χ0) is 25.8. The highest BCUT2D eigenvalue weighted by Crippen LogP contribution is 2.42. The topological polar surface area (TPSA) is 127 Å². The normalized spacial score (nSPS) is 10.5. The Kier molecular flexibility index (Phi) is 6.77. The zero-order valence-corrected chi connectivity index (χ0v) is 19.6. The van der Waals surface area contributed by atoms with Crippen molar-refractivity contribution in [2.75, 3.05) is 21.3 Å². The molecule has 1 aromatic heterocycles. The molecule has 0 aliphatic rings. The van der Waals surface area contributed by atoms with E-state index in [9.17, 15) is 20.2 Å². The van der Waals surface area contributed by atoms with E-state index < -0.39 is 9.85 Å². The van der Waals surface area contributed by atoms with Crippen molar-refractivity contribution in [2.24, 2.45) is 0 Å². The van der Waals surface area contributed by atoms with Gasteiger partial charge in [-0.15, -0.1) is 0 Å². The summed E-state index contributed by atoms with van der Waals surface area (Å²) in [5.41, 5.74) is 3.89. The molecule has 0 radical (unpaired) electrons. The predicted molar refractivity (Wildman–Crippen MR) is 134 cm³/mol. The van der Waals surface area contributed by atoms with Gasteiger partial charge in [0.05, 0.1) is 42.6 Å². The van der Waals surface area contributed by atoms with Gasteiger partial charge >= 0.3 is 0 Å². The second-order valence-electron chi connectivity index (χ2n) is 7.65. The van der Waals surface area contributed by atoms with Gasteiger partial charge in [0.2, 0.25) is 5.75 Å². The summed E-state index contributed by atoms with van der Waals surface area (Å²) < 4.78 is 16.4. The maximum Gasteiger partial charge on any atom is 0.269 e. The van der Waals surface area contributed by atoms with Gasteiger partial charge in [0.1, 0.15) is 0 Å². The number of ether oxygens (including phenoxy) is 3. The van der Waals surface area contributed by atoms with E-state index in [-0.39, 0.29) is 11.4 Å². The Morgan fingerprint density at radius 2 is 0.972 bits per heavy atom. The van der Waals surface area contributed by atoms with Crippen molar-refractivity contribution in [3.8, 4) is 50.9 Å². The molecule has 0 saturated heterocycles. The Morgan fingerprint density at radius 1 is 0.583 bits per heavy atom. The lowest BCUT2D eigenvalue weighted by molar-refractivity contribution is -0.385. The van der Waals surface area contributed by atoms with Crippen molar-refractivity contribution < 1.29 is 24.1 Å². The Balaban J connectivity index is 1.91. The fourth-order valence-corrected chi connectivity index (χ4v) is 3.75. The molecule has 0 atom stereocenters. The number of rotatable bonds is 8. The number of hydrogen-bond donors (Lipinski definition) is 0. The van der Waals surface area contributed by atoms with Gasteiger partial charge in [-0.25, -0.2) is 4.98 Å². The summed E-state index contributed by atoms with van der Waals surface area (Å²) in [6, 6.07) is 19.4. The van der Waals surface area contributed by atoms with E-state index in [1.54, 1.807) is 36.4 Å². The summed E-state index contributed by atoms with van der Waals surface area (Å²) in [5.74, 6) is 1.39. The van der Waals surface area contributed by atoms with Crippen LogP contribution in [0.1, 0.15) is 0 Å². The van der Waals surface area contributed by atoms with Gasteiger partial charge in [0.25, 0.3) is 11.4 Å². The van der Waals surface area contributed by atoms with Gasteiger partial charge in [0.15, 0.2) is 11.5 Å². The first-order valence-corrected chi connectivity index (χ1v) is 10.7. The van der Waals surface area contributed by atoms with E-state index >= 15 is 0 Å². The molecule has 1 heterocycles. The van der Waals surface area contributed by atoms with Crippen LogP contribution in [0.5, 0.6) is 17.2 Å². The van der Waals surface area contributed by atoms with E-state index in [0.29, 0.717) is 39.8 Å². The largest absolute Gasteiger partial charge is 0.493 e. The summed E-state index contributed by atoms with van der Waals surface area (Å²) in [6.07, 6.45) is 0. The molecule has 4 aromatic rings. The molecular formula is C26H21N3O7. The van der Waals surface area contributed by atoms with Crippen LogP contribution in [0, 0.1) is 20.2 Å². The molecule has 0 fully saturated rings. The van der Waals surface area contributed by atoms with Crippen LogP contribution in [0.4, 0.5) is 11.4 Å². The van der Waals surface area contributed by atoms with Crippen LogP contribution in [0.2, 0.25) is 0 Å². The Morgan fingerprint density at radius 3 is 1.31 bits per heavy atom.